The Hall–Kier alpha value is -0.860. The first kappa shape index (κ1) is 8.24. The summed E-state index contributed by atoms with van der Waals surface area (Å²) in [5, 5.41) is 6.05. The van der Waals surface area contributed by atoms with Gasteiger partial charge in [0, 0.05) is 25.2 Å². The van der Waals surface area contributed by atoms with Crippen molar-refractivity contribution in [2.45, 2.75) is 20.3 Å². The molecular formula is C8H14N2O. The highest BCUT2D eigenvalue weighted by Crippen LogP contribution is 2.13. The van der Waals surface area contributed by atoms with E-state index in [1.165, 1.54) is 0 Å². The SMILES string of the molecule is CC(=O)C1CC(C)=NN(C)C1. The van der Waals surface area contributed by atoms with E-state index < -0.39 is 0 Å². The van der Waals surface area contributed by atoms with Gasteiger partial charge in [-0.25, -0.2) is 0 Å². The summed E-state index contributed by atoms with van der Waals surface area (Å²) in [5.74, 6) is 0.434. The maximum absolute atomic E-state index is 11.0. The van der Waals surface area contributed by atoms with Crippen molar-refractivity contribution in [2.24, 2.45) is 11.0 Å². The number of hydrogen-bond acceptors (Lipinski definition) is 3. The van der Waals surface area contributed by atoms with Gasteiger partial charge in [0.15, 0.2) is 0 Å². The Morgan fingerprint density at radius 3 is 2.82 bits per heavy atom. The molecule has 1 aliphatic rings. The van der Waals surface area contributed by atoms with E-state index in [9.17, 15) is 4.79 Å². The molecule has 0 spiro atoms. The molecule has 0 fully saturated rings. The van der Waals surface area contributed by atoms with Crippen LogP contribution in [0, 0.1) is 5.92 Å². The monoisotopic (exact) mass is 154 g/mol. The van der Waals surface area contributed by atoms with Crippen LogP contribution >= 0.6 is 0 Å². The Labute approximate surface area is 67.1 Å². The highest BCUT2D eigenvalue weighted by molar-refractivity contribution is 5.89. The van der Waals surface area contributed by atoms with E-state index in [1.54, 1.807) is 6.92 Å². The van der Waals surface area contributed by atoms with Crippen molar-refractivity contribution in [2.75, 3.05) is 13.6 Å². The van der Waals surface area contributed by atoms with E-state index in [0.717, 1.165) is 18.7 Å². The van der Waals surface area contributed by atoms with Crippen LogP contribution < -0.4 is 0 Å². The van der Waals surface area contributed by atoms with Crippen LogP contribution in [-0.2, 0) is 4.79 Å². The molecule has 62 valence electrons. The molecule has 0 bridgehead atoms. The van der Waals surface area contributed by atoms with Crippen LogP contribution in [0.2, 0.25) is 0 Å². The molecule has 0 N–H and O–H groups in total. The zero-order valence-electron chi connectivity index (χ0n) is 7.29. The van der Waals surface area contributed by atoms with Crippen LogP contribution in [0.15, 0.2) is 5.10 Å². The van der Waals surface area contributed by atoms with Crippen LogP contribution in [0.1, 0.15) is 20.3 Å². The van der Waals surface area contributed by atoms with E-state index >= 15 is 0 Å². The van der Waals surface area contributed by atoms with Gasteiger partial charge < -0.3 is 0 Å². The number of hydrogen-bond donors (Lipinski definition) is 0. The van der Waals surface area contributed by atoms with E-state index in [2.05, 4.69) is 5.10 Å². The lowest BCUT2D eigenvalue weighted by atomic mass is 9.97. The van der Waals surface area contributed by atoms with Crippen molar-refractivity contribution in [3.8, 4) is 0 Å². The van der Waals surface area contributed by atoms with Crippen molar-refractivity contribution in [1.82, 2.24) is 5.01 Å². The second kappa shape index (κ2) is 3.03. The van der Waals surface area contributed by atoms with Crippen molar-refractivity contribution in [3.63, 3.8) is 0 Å². The predicted molar refractivity (Wildman–Crippen MR) is 44.5 cm³/mol. The minimum absolute atomic E-state index is 0.164. The van der Waals surface area contributed by atoms with Crippen molar-refractivity contribution >= 4 is 11.5 Å². The highest BCUT2D eigenvalue weighted by atomic mass is 16.1. The second-order valence-electron chi connectivity index (χ2n) is 3.19. The molecular weight excluding hydrogens is 140 g/mol. The summed E-state index contributed by atoms with van der Waals surface area (Å²) in [6.45, 7) is 4.38. The second-order valence-corrected chi connectivity index (χ2v) is 3.19. The molecule has 0 aromatic carbocycles. The molecule has 3 heteroatoms. The zero-order chi connectivity index (χ0) is 8.43. The number of ketones is 1. The maximum atomic E-state index is 11.0. The molecule has 1 heterocycles. The first-order valence-electron chi connectivity index (χ1n) is 3.85. The van der Waals surface area contributed by atoms with Crippen molar-refractivity contribution in [1.29, 1.82) is 0 Å². The fraction of sp³-hybridized carbons (Fsp3) is 0.750. The number of carbonyl (C=O) groups is 1. The summed E-state index contributed by atoms with van der Waals surface area (Å²) in [5.41, 5.74) is 1.05. The van der Waals surface area contributed by atoms with Gasteiger partial charge in [-0.2, -0.15) is 5.10 Å². The predicted octanol–water partition coefficient (Wildman–Crippen LogP) is 0.903. The van der Waals surface area contributed by atoms with E-state index in [4.69, 9.17) is 0 Å². The maximum Gasteiger partial charge on any atom is 0.135 e. The molecule has 1 unspecified atom stereocenters. The van der Waals surface area contributed by atoms with E-state index in [1.807, 2.05) is 19.0 Å². The van der Waals surface area contributed by atoms with Gasteiger partial charge in [-0.15, -0.1) is 0 Å². The Morgan fingerprint density at radius 1 is 1.73 bits per heavy atom. The highest BCUT2D eigenvalue weighted by Gasteiger charge is 2.20. The molecule has 3 nitrogen and oxygen atoms in total. The molecule has 0 amide bonds. The fourth-order valence-corrected chi connectivity index (χ4v) is 1.39. The van der Waals surface area contributed by atoms with Crippen LogP contribution in [-0.4, -0.2) is 30.1 Å². The van der Waals surface area contributed by atoms with Crippen LogP contribution in [0.25, 0.3) is 0 Å². The Bertz CT molecular complexity index is 198. The number of rotatable bonds is 1. The molecule has 0 radical (unpaired) electrons. The molecule has 0 aromatic heterocycles. The zero-order valence-corrected chi connectivity index (χ0v) is 7.29. The van der Waals surface area contributed by atoms with E-state index in [-0.39, 0.29) is 11.7 Å². The van der Waals surface area contributed by atoms with Gasteiger partial charge in [0.2, 0.25) is 0 Å². The van der Waals surface area contributed by atoms with Gasteiger partial charge in [0.25, 0.3) is 0 Å². The summed E-state index contributed by atoms with van der Waals surface area (Å²) >= 11 is 0. The molecule has 1 rings (SSSR count). The molecule has 1 aliphatic heterocycles. The number of carbonyl (C=O) groups excluding carboxylic acids is 1. The molecule has 0 aromatic rings. The standard InChI is InChI=1S/C8H14N2O/c1-6-4-8(7(2)11)5-10(3)9-6/h8H,4-5H2,1-3H3. The van der Waals surface area contributed by atoms with Crippen molar-refractivity contribution < 1.29 is 4.79 Å². The van der Waals surface area contributed by atoms with Gasteiger partial charge in [-0.05, 0) is 20.3 Å². The van der Waals surface area contributed by atoms with Gasteiger partial charge in [-0.3, -0.25) is 9.80 Å². The Morgan fingerprint density at radius 2 is 2.36 bits per heavy atom. The molecule has 0 aliphatic carbocycles. The minimum Gasteiger partial charge on any atom is -0.300 e. The molecule has 11 heavy (non-hydrogen) atoms. The van der Waals surface area contributed by atoms with Gasteiger partial charge >= 0.3 is 0 Å². The van der Waals surface area contributed by atoms with Gasteiger partial charge in [-0.1, -0.05) is 0 Å². The Kier molecular flexibility index (Phi) is 2.27. The lowest BCUT2D eigenvalue weighted by Gasteiger charge is -2.25. The summed E-state index contributed by atoms with van der Waals surface area (Å²) < 4.78 is 0. The molecule has 0 saturated heterocycles. The average molecular weight is 154 g/mol. The fourth-order valence-electron chi connectivity index (χ4n) is 1.39. The summed E-state index contributed by atoms with van der Waals surface area (Å²) in [4.78, 5) is 11.0. The number of nitrogens with zero attached hydrogens (tertiary/aromatic N) is 2. The summed E-state index contributed by atoms with van der Waals surface area (Å²) in [7, 11) is 1.90. The average Bonchev–Trinajstić information content (AvgIpc) is 1.85. The molecule has 0 saturated carbocycles. The van der Waals surface area contributed by atoms with Crippen molar-refractivity contribution in [3.05, 3.63) is 0 Å². The normalized spacial score (nSPS) is 24.8. The molecule has 1 atom stereocenters. The number of Topliss-reactive ketones (excluding diaryl/α,β-unsaturated/α-hetero) is 1. The first-order chi connectivity index (χ1) is 5.09. The van der Waals surface area contributed by atoms with Gasteiger partial charge in [0.05, 0.1) is 0 Å². The largest absolute Gasteiger partial charge is 0.300 e. The van der Waals surface area contributed by atoms with Crippen LogP contribution in [0.3, 0.4) is 0 Å². The third kappa shape index (κ3) is 2.03. The van der Waals surface area contributed by atoms with E-state index in [0.29, 0.717) is 0 Å². The summed E-state index contributed by atoms with van der Waals surface area (Å²) in [6.07, 6.45) is 0.833. The quantitative estimate of drug-likeness (QED) is 0.562. The smallest absolute Gasteiger partial charge is 0.135 e. The van der Waals surface area contributed by atoms with Crippen LogP contribution in [0.5, 0.6) is 0 Å². The third-order valence-corrected chi connectivity index (χ3v) is 1.94. The lowest BCUT2D eigenvalue weighted by Crippen LogP contribution is -2.32. The lowest BCUT2D eigenvalue weighted by molar-refractivity contribution is -0.121. The topological polar surface area (TPSA) is 32.7 Å². The first-order valence-corrected chi connectivity index (χ1v) is 3.85. The Balaban J connectivity index is 2.64. The van der Waals surface area contributed by atoms with Crippen LogP contribution in [0.4, 0.5) is 0 Å². The minimum atomic E-state index is 0.164. The third-order valence-electron chi connectivity index (χ3n) is 1.94. The number of hydrazone groups is 1. The summed E-state index contributed by atoms with van der Waals surface area (Å²) in [6, 6.07) is 0. The van der Waals surface area contributed by atoms with Gasteiger partial charge in [0.1, 0.15) is 5.78 Å².